The van der Waals surface area contributed by atoms with Crippen molar-refractivity contribution in [3.8, 4) is 11.5 Å². The van der Waals surface area contributed by atoms with Crippen molar-refractivity contribution >= 4 is 32.6 Å². The van der Waals surface area contributed by atoms with Crippen molar-refractivity contribution in [1.29, 1.82) is 0 Å². The van der Waals surface area contributed by atoms with Gasteiger partial charge in [-0.15, -0.1) is 5.10 Å². The molecule has 20 heavy (non-hydrogen) atoms. The van der Waals surface area contributed by atoms with Gasteiger partial charge in [-0.25, -0.2) is 14.5 Å². The molecule has 100 valence electrons. The Morgan fingerprint density at radius 2 is 2.15 bits per heavy atom. The molecule has 0 unspecified atom stereocenters. The maximum Gasteiger partial charge on any atom is 0.203 e. The third-order valence-corrected chi connectivity index (χ3v) is 4.21. The van der Waals surface area contributed by atoms with Gasteiger partial charge in [0.15, 0.2) is 11.3 Å². The quantitative estimate of drug-likeness (QED) is 0.570. The molecular weight excluding hydrogens is 324 g/mol. The van der Waals surface area contributed by atoms with Crippen LogP contribution in [0.4, 0.5) is 0 Å². The molecule has 8 nitrogen and oxygen atoms in total. The van der Waals surface area contributed by atoms with Gasteiger partial charge >= 0.3 is 0 Å². The lowest BCUT2D eigenvalue weighted by atomic mass is 10.3. The lowest BCUT2D eigenvalue weighted by molar-refractivity contribution is 0.740. The summed E-state index contributed by atoms with van der Waals surface area (Å²) in [5, 5.41) is 16.5. The first-order chi connectivity index (χ1) is 9.65. The Bertz CT molecular complexity index is 946. The van der Waals surface area contributed by atoms with Crippen molar-refractivity contribution < 1.29 is 0 Å². The average Bonchev–Trinajstić information content (AvgIpc) is 3.11. The van der Waals surface area contributed by atoms with Gasteiger partial charge in [-0.3, -0.25) is 9.78 Å². The highest BCUT2D eigenvalue weighted by molar-refractivity contribution is 9.10. The monoisotopic (exact) mass is 332 g/mol. The van der Waals surface area contributed by atoms with Gasteiger partial charge in [0.25, 0.3) is 0 Å². The Hall–Kier alpha value is -2.29. The molecule has 0 bridgehead atoms. The third kappa shape index (κ3) is 1.43. The normalized spacial score (nSPS) is 11.8. The number of aryl methyl sites for hydroxylation is 1. The summed E-state index contributed by atoms with van der Waals surface area (Å²) in [7, 11) is 1.88. The molecule has 4 heterocycles. The van der Waals surface area contributed by atoms with Crippen molar-refractivity contribution in [3.05, 3.63) is 22.7 Å². The molecule has 0 atom stereocenters. The third-order valence-electron chi connectivity index (χ3n) is 3.26. The van der Waals surface area contributed by atoms with E-state index in [2.05, 4.69) is 46.3 Å². The highest BCUT2D eigenvalue weighted by Gasteiger charge is 2.18. The first-order valence-corrected chi connectivity index (χ1v) is 6.68. The van der Waals surface area contributed by atoms with Crippen LogP contribution in [0.1, 0.15) is 5.69 Å². The summed E-state index contributed by atoms with van der Waals surface area (Å²) >= 11 is 3.53. The summed E-state index contributed by atoms with van der Waals surface area (Å²) in [6, 6.07) is 0. The van der Waals surface area contributed by atoms with Crippen LogP contribution in [-0.4, -0.2) is 39.6 Å². The second-order valence-corrected chi connectivity index (χ2v) is 5.25. The molecule has 0 amide bonds. The van der Waals surface area contributed by atoms with Crippen molar-refractivity contribution in [2.24, 2.45) is 7.05 Å². The zero-order valence-electron chi connectivity index (χ0n) is 10.7. The molecule has 0 aliphatic heterocycles. The number of halogens is 1. The van der Waals surface area contributed by atoms with E-state index in [0.717, 1.165) is 15.6 Å². The lowest BCUT2D eigenvalue weighted by Gasteiger charge is -1.89. The number of hydrogen-bond acceptors (Lipinski definition) is 5. The maximum absolute atomic E-state index is 4.54. The van der Waals surface area contributed by atoms with E-state index in [-0.39, 0.29) is 0 Å². The molecule has 0 saturated heterocycles. The van der Waals surface area contributed by atoms with Crippen LogP contribution in [0.2, 0.25) is 0 Å². The number of aromatic amines is 1. The van der Waals surface area contributed by atoms with Crippen molar-refractivity contribution in [2.75, 3.05) is 0 Å². The minimum absolute atomic E-state index is 0.552. The van der Waals surface area contributed by atoms with Gasteiger partial charge in [-0.2, -0.15) is 10.2 Å². The summed E-state index contributed by atoms with van der Waals surface area (Å²) in [5.74, 6) is 0.552. The molecule has 0 spiro atoms. The zero-order valence-corrected chi connectivity index (χ0v) is 12.2. The van der Waals surface area contributed by atoms with E-state index < -0.39 is 0 Å². The fourth-order valence-corrected chi connectivity index (χ4v) is 2.58. The Morgan fingerprint density at radius 3 is 2.90 bits per heavy atom. The van der Waals surface area contributed by atoms with E-state index in [1.807, 2.05) is 14.0 Å². The fraction of sp³-hybridized carbons (Fsp3) is 0.182. The van der Waals surface area contributed by atoms with Gasteiger partial charge in [-0.05, 0) is 22.9 Å². The number of nitrogens with zero attached hydrogens (tertiary/aromatic N) is 7. The fourth-order valence-electron chi connectivity index (χ4n) is 2.07. The molecule has 0 radical (unpaired) electrons. The van der Waals surface area contributed by atoms with E-state index in [9.17, 15) is 0 Å². The van der Waals surface area contributed by atoms with Crippen LogP contribution in [0.15, 0.2) is 17.0 Å². The first-order valence-electron chi connectivity index (χ1n) is 5.89. The summed E-state index contributed by atoms with van der Waals surface area (Å²) in [6.07, 6.45) is 3.30. The second kappa shape index (κ2) is 3.85. The van der Waals surface area contributed by atoms with Crippen LogP contribution >= 0.6 is 15.9 Å². The molecule has 4 rings (SSSR count). The van der Waals surface area contributed by atoms with Gasteiger partial charge in [-0.1, -0.05) is 0 Å². The lowest BCUT2D eigenvalue weighted by Crippen LogP contribution is -1.93. The van der Waals surface area contributed by atoms with Crippen LogP contribution < -0.4 is 0 Å². The minimum atomic E-state index is 0.552. The molecule has 0 aliphatic carbocycles. The standard InChI is InChI=1S/C11H9BrN8/c1-5-7(12)8(17-19(5)2)10-15-11-6-3-14-16-9(6)13-4-20(11)18-10/h3-4H,1-2H3,(H,14,16). The van der Waals surface area contributed by atoms with Gasteiger partial charge in [0.05, 0.1) is 16.1 Å². The predicted molar refractivity (Wildman–Crippen MR) is 75.1 cm³/mol. The Balaban J connectivity index is 2.02. The molecule has 4 aromatic rings. The first kappa shape index (κ1) is 11.5. The largest absolute Gasteiger partial charge is 0.271 e. The van der Waals surface area contributed by atoms with E-state index in [4.69, 9.17) is 0 Å². The second-order valence-electron chi connectivity index (χ2n) is 4.45. The van der Waals surface area contributed by atoms with Crippen LogP contribution in [-0.2, 0) is 7.05 Å². The molecule has 1 N–H and O–H groups in total. The summed E-state index contributed by atoms with van der Waals surface area (Å²) < 4.78 is 4.31. The molecule has 4 aromatic heterocycles. The summed E-state index contributed by atoms with van der Waals surface area (Å²) in [4.78, 5) is 8.77. The molecule has 0 fully saturated rings. The summed E-state index contributed by atoms with van der Waals surface area (Å²) in [6.45, 7) is 1.98. The van der Waals surface area contributed by atoms with Gasteiger partial charge in [0.1, 0.15) is 12.0 Å². The number of fused-ring (bicyclic) bond motifs is 3. The van der Waals surface area contributed by atoms with Crippen molar-refractivity contribution in [2.45, 2.75) is 6.92 Å². The van der Waals surface area contributed by atoms with Crippen LogP contribution in [0.5, 0.6) is 0 Å². The smallest absolute Gasteiger partial charge is 0.203 e. The molecule has 0 saturated carbocycles. The van der Waals surface area contributed by atoms with E-state index in [1.54, 1.807) is 21.7 Å². The highest BCUT2D eigenvalue weighted by atomic mass is 79.9. The number of H-pyrrole nitrogens is 1. The minimum Gasteiger partial charge on any atom is -0.271 e. The van der Waals surface area contributed by atoms with E-state index in [0.29, 0.717) is 22.8 Å². The van der Waals surface area contributed by atoms with Crippen LogP contribution in [0, 0.1) is 6.92 Å². The van der Waals surface area contributed by atoms with Gasteiger partial charge < -0.3 is 0 Å². The Morgan fingerprint density at radius 1 is 1.30 bits per heavy atom. The van der Waals surface area contributed by atoms with Gasteiger partial charge in [0, 0.05) is 12.7 Å². The topological polar surface area (TPSA) is 89.6 Å². The number of nitrogens with one attached hydrogen (secondary N) is 1. The molecule has 9 heteroatoms. The van der Waals surface area contributed by atoms with E-state index in [1.165, 1.54) is 0 Å². The van der Waals surface area contributed by atoms with Crippen molar-refractivity contribution in [1.82, 2.24) is 39.6 Å². The average molecular weight is 333 g/mol. The van der Waals surface area contributed by atoms with Crippen molar-refractivity contribution in [3.63, 3.8) is 0 Å². The van der Waals surface area contributed by atoms with Gasteiger partial charge in [0.2, 0.25) is 5.82 Å². The highest BCUT2D eigenvalue weighted by Crippen LogP contribution is 2.28. The number of rotatable bonds is 1. The van der Waals surface area contributed by atoms with Crippen LogP contribution in [0.25, 0.3) is 28.2 Å². The Kier molecular flexibility index (Phi) is 2.22. The van der Waals surface area contributed by atoms with Crippen LogP contribution in [0.3, 0.4) is 0 Å². The summed E-state index contributed by atoms with van der Waals surface area (Å²) in [5.41, 5.74) is 3.12. The zero-order chi connectivity index (χ0) is 13.9. The maximum atomic E-state index is 4.54. The Labute approximate surface area is 121 Å². The number of hydrogen-bond donors (Lipinski definition) is 1. The predicted octanol–water partition coefficient (Wildman–Crippen LogP) is 1.47. The molecular formula is C11H9BrN8. The molecule has 0 aromatic carbocycles. The molecule has 0 aliphatic rings. The SMILES string of the molecule is Cc1c(Br)c(-c2nc3c4cn[nH]c4ncn3n2)nn1C. The number of aromatic nitrogens is 8. The van der Waals surface area contributed by atoms with E-state index >= 15 is 0 Å².